The standard InChI is InChI=1S/C16H20N2O4/c1-10(2)18-9-12(8-14(18)19)15(20)17-13-6-4-11(5-7-13)16(21)22-3/h4-7,10,12H,8-9H2,1-3H3,(H,17,20)/t12-/m1/s1. The van der Waals surface area contributed by atoms with E-state index in [4.69, 9.17) is 0 Å². The molecule has 6 nitrogen and oxygen atoms in total. The van der Waals surface area contributed by atoms with E-state index in [2.05, 4.69) is 10.1 Å². The van der Waals surface area contributed by atoms with Gasteiger partial charge in [0.05, 0.1) is 18.6 Å². The van der Waals surface area contributed by atoms with Crippen molar-refractivity contribution in [3.63, 3.8) is 0 Å². The second-order valence-electron chi connectivity index (χ2n) is 5.60. The topological polar surface area (TPSA) is 75.7 Å². The van der Waals surface area contributed by atoms with Crippen LogP contribution in [-0.4, -0.2) is 42.4 Å². The van der Waals surface area contributed by atoms with Crippen molar-refractivity contribution in [3.05, 3.63) is 29.8 Å². The fourth-order valence-corrected chi connectivity index (χ4v) is 2.46. The van der Waals surface area contributed by atoms with Crippen molar-refractivity contribution in [2.24, 2.45) is 5.92 Å². The number of nitrogens with zero attached hydrogens (tertiary/aromatic N) is 1. The Kier molecular flexibility index (Phi) is 4.80. The molecule has 118 valence electrons. The Morgan fingerprint density at radius 1 is 1.27 bits per heavy atom. The average molecular weight is 304 g/mol. The number of likely N-dealkylation sites (tertiary alicyclic amines) is 1. The lowest BCUT2D eigenvalue weighted by atomic mass is 10.1. The summed E-state index contributed by atoms with van der Waals surface area (Å²) < 4.78 is 4.62. The quantitative estimate of drug-likeness (QED) is 0.859. The molecule has 1 heterocycles. The number of amides is 2. The molecule has 2 rings (SSSR count). The monoisotopic (exact) mass is 304 g/mol. The molecule has 1 saturated heterocycles. The zero-order valence-corrected chi connectivity index (χ0v) is 13.0. The van der Waals surface area contributed by atoms with Gasteiger partial charge in [0.15, 0.2) is 0 Å². The molecule has 6 heteroatoms. The van der Waals surface area contributed by atoms with Gasteiger partial charge < -0.3 is 15.0 Å². The van der Waals surface area contributed by atoms with Crippen LogP contribution in [0.3, 0.4) is 0 Å². The van der Waals surface area contributed by atoms with E-state index in [0.717, 1.165) is 0 Å². The van der Waals surface area contributed by atoms with E-state index < -0.39 is 5.97 Å². The number of hydrogen-bond donors (Lipinski definition) is 1. The number of rotatable bonds is 4. The minimum atomic E-state index is -0.424. The maximum absolute atomic E-state index is 12.2. The van der Waals surface area contributed by atoms with Crippen molar-refractivity contribution in [1.82, 2.24) is 4.90 Å². The summed E-state index contributed by atoms with van der Waals surface area (Å²) in [6.45, 7) is 4.32. The molecule has 1 aromatic carbocycles. The molecule has 1 N–H and O–H groups in total. The average Bonchev–Trinajstić information content (AvgIpc) is 2.89. The van der Waals surface area contributed by atoms with Gasteiger partial charge in [-0.3, -0.25) is 9.59 Å². The Morgan fingerprint density at radius 2 is 1.91 bits per heavy atom. The van der Waals surface area contributed by atoms with Crippen molar-refractivity contribution in [1.29, 1.82) is 0 Å². The number of methoxy groups -OCH3 is 1. The summed E-state index contributed by atoms with van der Waals surface area (Å²) in [5.74, 6) is -0.930. The van der Waals surface area contributed by atoms with Crippen molar-refractivity contribution >= 4 is 23.5 Å². The lowest BCUT2D eigenvalue weighted by Gasteiger charge is -2.20. The van der Waals surface area contributed by atoms with Crippen LogP contribution in [0.2, 0.25) is 0 Å². The van der Waals surface area contributed by atoms with Gasteiger partial charge in [0, 0.05) is 24.7 Å². The highest BCUT2D eigenvalue weighted by Gasteiger charge is 2.35. The summed E-state index contributed by atoms with van der Waals surface area (Å²) >= 11 is 0. The van der Waals surface area contributed by atoms with E-state index in [0.29, 0.717) is 17.8 Å². The SMILES string of the molecule is COC(=O)c1ccc(NC(=O)[C@@H]2CC(=O)N(C(C)C)C2)cc1. The van der Waals surface area contributed by atoms with Gasteiger partial charge in [0.25, 0.3) is 0 Å². The fourth-order valence-electron chi connectivity index (χ4n) is 2.46. The predicted octanol–water partition coefficient (Wildman–Crippen LogP) is 1.67. The number of ether oxygens (including phenoxy) is 1. The van der Waals surface area contributed by atoms with Gasteiger partial charge in [0.1, 0.15) is 0 Å². The van der Waals surface area contributed by atoms with Gasteiger partial charge in [-0.1, -0.05) is 0 Å². The Hall–Kier alpha value is -2.37. The zero-order valence-electron chi connectivity index (χ0n) is 13.0. The van der Waals surface area contributed by atoms with Gasteiger partial charge >= 0.3 is 5.97 Å². The first-order valence-electron chi connectivity index (χ1n) is 7.21. The summed E-state index contributed by atoms with van der Waals surface area (Å²) in [5.41, 5.74) is 1.01. The summed E-state index contributed by atoms with van der Waals surface area (Å²) in [4.78, 5) is 37.1. The van der Waals surface area contributed by atoms with Crippen LogP contribution in [0.4, 0.5) is 5.69 Å². The number of carbonyl (C=O) groups is 3. The van der Waals surface area contributed by atoms with Crippen molar-refractivity contribution in [3.8, 4) is 0 Å². The van der Waals surface area contributed by atoms with Crippen LogP contribution < -0.4 is 5.32 Å². The molecule has 0 aromatic heterocycles. The summed E-state index contributed by atoms with van der Waals surface area (Å²) in [6, 6.07) is 6.55. The number of nitrogens with one attached hydrogen (secondary N) is 1. The Bertz CT molecular complexity index is 580. The molecule has 22 heavy (non-hydrogen) atoms. The third-order valence-corrected chi connectivity index (χ3v) is 3.73. The molecule has 1 fully saturated rings. The number of anilines is 1. The summed E-state index contributed by atoms with van der Waals surface area (Å²) in [5, 5.41) is 2.78. The van der Waals surface area contributed by atoms with Crippen LogP contribution in [0.25, 0.3) is 0 Å². The lowest BCUT2D eigenvalue weighted by Crippen LogP contribution is -2.33. The number of benzene rings is 1. The molecule has 0 saturated carbocycles. The van der Waals surface area contributed by atoms with Crippen LogP contribution in [-0.2, 0) is 14.3 Å². The molecule has 1 aliphatic rings. The summed E-state index contributed by atoms with van der Waals surface area (Å²) in [6.07, 6.45) is 0.240. The third-order valence-electron chi connectivity index (χ3n) is 3.73. The number of hydrogen-bond acceptors (Lipinski definition) is 4. The smallest absolute Gasteiger partial charge is 0.337 e. The van der Waals surface area contributed by atoms with E-state index in [-0.39, 0.29) is 30.2 Å². The highest BCUT2D eigenvalue weighted by Crippen LogP contribution is 2.22. The molecule has 1 aromatic rings. The van der Waals surface area contributed by atoms with Gasteiger partial charge in [-0.05, 0) is 38.1 Å². The second-order valence-corrected chi connectivity index (χ2v) is 5.60. The molecule has 2 amide bonds. The highest BCUT2D eigenvalue weighted by molar-refractivity contribution is 5.97. The van der Waals surface area contributed by atoms with E-state index in [1.165, 1.54) is 7.11 Å². The molecular weight excluding hydrogens is 284 g/mol. The summed E-state index contributed by atoms with van der Waals surface area (Å²) in [7, 11) is 1.32. The largest absolute Gasteiger partial charge is 0.465 e. The first-order chi connectivity index (χ1) is 10.4. The van der Waals surface area contributed by atoms with E-state index in [1.54, 1.807) is 29.2 Å². The molecule has 0 radical (unpaired) electrons. The number of carbonyl (C=O) groups excluding carboxylic acids is 3. The first-order valence-corrected chi connectivity index (χ1v) is 7.21. The van der Waals surface area contributed by atoms with Crippen LogP contribution in [0.5, 0.6) is 0 Å². The maximum Gasteiger partial charge on any atom is 0.337 e. The molecule has 1 atom stereocenters. The van der Waals surface area contributed by atoms with Crippen LogP contribution in [0.1, 0.15) is 30.6 Å². The number of esters is 1. The van der Waals surface area contributed by atoms with Crippen LogP contribution in [0, 0.1) is 5.92 Å². The van der Waals surface area contributed by atoms with Crippen molar-refractivity contribution < 1.29 is 19.1 Å². The fraction of sp³-hybridized carbons (Fsp3) is 0.438. The van der Waals surface area contributed by atoms with E-state index in [1.807, 2.05) is 13.8 Å². The maximum atomic E-state index is 12.2. The minimum absolute atomic E-state index is 0.0104. The third kappa shape index (κ3) is 3.44. The highest BCUT2D eigenvalue weighted by atomic mass is 16.5. The van der Waals surface area contributed by atoms with Crippen molar-refractivity contribution in [2.75, 3.05) is 19.0 Å². The molecule has 0 spiro atoms. The Morgan fingerprint density at radius 3 is 2.41 bits per heavy atom. The Balaban J connectivity index is 1.98. The molecule has 1 aliphatic heterocycles. The molecular formula is C16H20N2O4. The first kappa shape index (κ1) is 16.0. The van der Waals surface area contributed by atoms with Gasteiger partial charge in [-0.15, -0.1) is 0 Å². The second kappa shape index (κ2) is 6.60. The van der Waals surface area contributed by atoms with Gasteiger partial charge in [-0.25, -0.2) is 4.79 Å². The minimum Gasteiger partial charge on any atom is -0.465 e. The molecule has 0 aliphatic carbocycles. The van der Waals surface area contributed by atoms with Crippen LogP contribution >= 0.6 is 0 Å². The van der Waals surface area contributed by atoms with Gasteiger partial charge in [0.2, 0.25) is 11.8 Å². The van der Waals surface area contributed by atoms with Gasteiger partial charge in [-0.2, -0.15) is 0 Å². The van der Waals surface area contributed by atoms with E-state index >= 15 is 0 Å². The predicted molar refractivity (Wildman–Crippen MR) is 81.4 cm³/mol. The van der Waals surface area contributed by atoms with Crippen LogP contribution in [0.15, 0.2) is 24.3 Å². The van der Waals surface area contributed by atoms with E-state index in [9.17, 15) is 14.4 Å². The Labute approximate surface area is 129 Å². The zero-order chi connectivity index (χ0) is 16.3. The lowest BCUT2D eigenvalue weighted by molar-refractivity contribution is -0.129. The van der Waals surface area contributed by atoms with Crippen molar-refractivity contribution in [2.45, 2.75) is 26.3 Å². The normalized spacial score (nSPS) is 17.7. The molecule has 0 unspecified atom stereocenters. The molecule has 0 bridgehead atoms.